The Morgan fingerprint density at radius 1 is 0.947 bits per heavy atom. The Morgan fingerprint density at radius 2 is 1.32 bits per heavy atom. The Morgan fingerprint density at radius 3 is 1.58 bits per heavy atom. The van der Waals surface area contributed by atoms with Gasteiger partial charge >= 0.3 is 8.80 Å². The van der Waals surface area contributed by atoms with Crippen LogP contribution < -0.4 is 0 Å². The minimum Gasteiger partial charge on any atom is -0.431 e. The third kappa shape index (κ3) is 13.0. The van der Waals surface area contributed by atoms with Gasteiger partial charge < -0.3 is 22.6 Å². The highest BCUT2D eigenvalue weighted by Crippen LogP contribution is 2.18. The van der Waals surface area contributed by atoms with Crippen molar-refractivity contribution >= 4 is 19.3 Å². The van der Waals surface area contributed by atoms with Crippen LogP contribution in [0.15, 0.2) is 0 Å². The highest BCUT2D eigenvalue weighted by atomic mass is 28.4. The standard InChI is InChI=1S/C11H27NO3Si.CH6OSi/c1-6-13-16(14-7-2,15-8-3)11-9-10-12(4)5;1-2-3/h6-11H2,1-5H3;1,3H3. The van der Waals surface area contributed by atoms with Crippen LogP contribution in [-0.4, -0.2) is 71.8 Å². The van der Waals surface area contributed by atoms with E-state index in [0.29, 0.717) is 19.8 Å². The van der Waals surface area contributed by atoms with Crippen LogP contribution in [0.5, 0.6) is 0 Å². The molecule has 0 rings (SSSR count). The zero-order chi connectivity index (χ0) is 15.1. The molecule has 118 valence electrons. The van der Waals surface area contributed by atoms with E-state index < -0.39 is 8.80 Å². The van der Waals surface area contributed by atoms with Crippen molar-refractivity contribution in [3.8, 4) is 0 Å². The minimum absolute atomic E-state index is 0.661. The first-order valence-electron chi connectivity index (χ1n) is 6.98. The van der Waals surface area contributed by atoms with E-state index in [1.807, 2.05) is 20.8 Å². The summed E-state index contributed by atoms with van der Waals surface area (Å²) >= 11 is 0. The molecule has 0 saturated carbocycles. The Bertz CT molecular complexity index is 168. The fraction of sp³-hybridized carbons (Fsp3) is 1.00. The molecule has 19 heavy (non-hydrogen) atoms. The van der Waals surface area contributed by atoms with Crippen molar-refractivity contribution in [1.82, 2.24) is 4.90 Å². The van der Waals surface area contributed by atoms with Crippen molar-refractivity contribution in [1.29, 1.82) is 0 Å². The largest absolute Gasteiger partial charge is 0.500 e. The average Bonchev–Trinajstić information content (AvgIpc) is 2.30. The molecular weight excluding hydrogens is 278 g/mol. The molecule has 0 spiro atoms. The third-order valence-electron chi connectivity index (χ3n) is 2.18. The molecule has 0 N–H and O–H groups in total. The van der Waals surface area contributed by atoms with E-state index in [2.05, 4.69) is 23.4 Å². The molecule has 0 amide bonds. The molecule has 0 unspecified atom stereocenters. The summed E-state index contributed by atoms with van der Waals surface area (Å²) in [6, 6.07) is 0.903. The smallest absolute Gasteiger partial charge is 0.431 e. The molecule has 0 heterocycles. The van der Waals surface area contributed by atoms with Crippen molar-refractivity contribution in [2.75, 3.05) is 47.6 Å². The average molecular weight is 312 g/mol. The van der Waals surface area contributed by atoms with Gasteiger partial charge in [0.1, 0.15) is 10.5 Å². The second kappa shape index (κ2) is 14.6. The fourth-order valence-electron chi connectivity index (χ4n) is 1.61. The zero-order valence-corrected chi connectivity index (χ0v) is 16.8. The van der Waals surface area contributed by atoms with Gasteiger partial charge in [-0.15, -0.1) is 0 Å². The van der Waals surface area contributed by atoms with Crippen LogP contribution in [0.4, 0.5) is 0 Å². The molecule has 5 nitrogen and oxygen atoms in total. The van der Waals surface area contributed by atoms with Crippen molar-refractivity contribution in [2.24, 2.45) is 0 Å². The topological polar surface area (TPSA) is 40.2 Å². The molecule has 0 aromatic rings. The summed E-state index contributed by atoms with van der Waals surface area (Å²) in [5.41, 5.74) is 0. The maximum Gasteiger partial charge on any atom is 0.500 e. The first kappa shape index (κ1) is 21.5. The van der Waals surface area contributed by atoms with Crippen LogP contribution in [0.2, 0.25) is 6.04 Å². The highest BCUT2D eigenvalue weighted by molar-refractivity contribution is 6.60. The number of nitrogens with zero attached hydrogens (tertiary/aromatic N) is 1. The molecule has 7 heteroatoms. The van der Waals surface area contributed by atoms with Gasteiger partial charge in [0.25, 0.3) is 0 Å². The van der Waals surface area contributed by atoms with Gasteiger partial charge in [-0.1, -0.05) is 0 Å². The highest BCUT2D eigenvalue weighted by Gasteiger charge is 2.39. The summed E-state index contributed by atoms with van der Waals surface area (Å²) in [6.07, 6.45) is 1.05. The molecule has 0 fully saturated rings. The lowest BCUT2D eigenvalue weighted by molar-refractivity contribution is 0.0703. The van der Waals surface area contributed by atoms with E-state index in [4.69, 9.17) is 13.3 Å². The van der Waals surface area contributed by atoms with E-state index in [0.717, 1.165) is 29.5 Å². The molecule has 0 radical (unpaired) electrons. The maximum absolute atomic E-state index is 5.77. The van der Waals surface area contributed by atoms with E-state index >= 15 is 0 Å². The molecule has 0 bridgehead atoms. The van der Waals surface area contributed by atoms with Crippen LogP contribution in [0, 0.1) is 0 Å². The number of hydrogen-bond acceptors (Lipinski definition) is 5. The lowest BCUT2D eigenvalue weighted by Gasteiger charge is -2.28. The van der Waals surface area contributed by atoms with Gasteiger partial charge in [0, 0.05) is 33.0 Å². The van der Waals surface area contributed by atoms with Gasteiger partial charge in [-0.25, -0.2) is 0 Å². The van der Waals surface area contributed by atoms with Gasteiger partial charge in [0.15, 0.2) is 0 Å². The van der Waals surface area contributed by atoms with Crippen LogP contribution in [0.3, 0.4) is 0 Å². The van der Waals surface area contributed by atoms with E-state index in [1.165, 1.54) is 0 Å². The lowest BCUT2D eigenvalue weighted by atomic mass is 10.5. The van der Waals surface area contributed by atoms with Crippen molar-refractivity contribution < 1.29 is 17.7 Å². The monoisotopic (exact) mass is 311 g/mol. The SMILES string of the molecule is CCO[Si](CCCN(C)C)(OCC)OCC.CO[SiH3]. The predicted molar refractivity (Wildman–Crippen MR) is 85.6 cm³/mol. The second-order valence-corrected chi connectivity index (χ2v) is 7.85. The number of rotatable bonds is 10. The molecule has 0 aliphatic carbocycles. The maximum atomic E-state index is 5.77. The molecule has 0 aromatic heterocycles. The summed E-state index contributed by atoms with van der Waals surface area (Å²) in [4.78, 5) is 2.17. The quantitative estimate of drug-likeness (QED) is 0.561. The summed E-state index contributed by atoms with van der Waals surface area (Å²) in [5, 5.41) is 0. The zero-order valence-electron chi connectivity index (χ0n) is 13.8. The van der Waals surface area contributed by atoms with Crippen LogP contribution in [0.25, 0.3) is 0 Å². The second-order valence-electron chi connectivity index (χ2n) is 4.30. The molecule has 0 aromatic carbocycles. The van der Waals surface area contributed by atoms with Gasteiger partial charge in [-0.3, -0.25) is 0 Å². The molecule has 0 saturated heterocycles. The predicted octanol–water partition coefficient (Wildman–Crippen LogP) is 0.900. The summed E-state index contributed by atoms with van der Waals surface area (Å²) in [5.74, 6) is 0. The Kier molecular flexibility index (Phi) is 16.6. The van der Waals surface area contributed by atoms with Gasteiger partial charge in [-0.05, 0) is 47.8 Å². The Labute approximate surface area is 123 Å². The van der Waals surface area contributed by atoms with Crippen LogP contribution in [-0.2, 0) is 17.7 Å². The van der Waals surface area contributed by atoms with Gasteiger partial charge in [-0.2, -0.15) is 0 Å². The summed E-state index contributed by atoms with van der Waals surface area (Å²) in [6.45, 7) is 9.00. The van der Waals surface area contributed by atoms with Gasteiger partial charge in [0.2, 0.25) is 0 Å². The van der Waals surface area contributed by atoms with Crippen LogP contribution >= 0.6 is 0 Å². The third-order valence-corrected chi connectivity index (χ3v) is 5.33. The van der Waals surface area contributed by atoms with Crippen molar-refractivity contribution in [3.63, 3.8) is 0 Å². The molecule has 0 aliphatic heterocycles. The van der Waals surface area contributed by atoms with E-state index in [9.17, 15) is 0 Å². The van der Waals surface area contributed by atoms with Crippen molar-refractivity contribution in [2.45, 2.75) is 33.2 Å². The summed E-state index contributed by atoms with van der Waals surface area (Å²) < 4.78 is 21.7. The molecular formula is C12H33NO4Si2. The Balaban J connectivity index is 0. The Hall–Kier alpha value is 0.234. The fourth-order valence-corrected chi connectivity index (χ4v) is 4.21. The van der Waals surface area contributed by atoms with E-state index in [1.54, 1.807) is 7.11 Å². The number of hydrogen-bond donors (Lipinski definition) is 0. The minimum atomic E-state index is -2.39. The first-order valence-corrected chi connectivity index (χ1v) is 9.73. The molecule has 0 atom stereocenters. The van der Waals surface area contributed by atoms with Gasteiger partial charge in [0.05, 0.1) is 0 Å². The normalized spacial score (nSPS) is 11.5. The lowest BCUT2D eigenvalue weighted by Crippen LogP contribution is -2.46. The van der Waals surface area contributed by atoms with E-state index in [-0.39, 0.29) is 0 Å². The van der Waals surface area contributed by atoms with Crippen LogP contribution in [0.1, 0.15) is 27.2 Å². The molecule has 0 aliphatic rings. The summed E-state index contributed by atoms with van der Waals surface area (Å²) in [7, 11) is 4.32. The first-order chi connectivity index (χ1) is 9.01. The van der Waals surface area contributed by atoms with Crippen molar-refractivity contribution in [3.05, 3.63) is 0 Å².